The summed E-state index contributed by atoms with van der Waals surface area (Å²) in [6.07, 6.45) is 3.59. The van der Waals surface area contributed by atoms with Gasteiger partial charge in [-0.25, -0.2) is 8.78 Å². The molecule has 0 radical (unpaired) electrons. The number of aromatic amines is 1. The van der Waals surface area contributed by atoms with Crippen molar-refractivity contribution in [2.24, 2.45) is 0 Å². The fourth-order valence-corrected chi connectivity index (χ4v) is 3.48. The molecule has 1 aliphatic rings. The Hall–Kier alpha value is -1.77. The third-order valence-corrected chi connectivity index (χ3v) is 4.53. The van der Waals surface area contributed by atoms with E-state index in [1.807, 2.05) is 10.8 Å². The van der Waals surface area contributed by atoms with E-state index in [4.69, 9.17) is 17.3 Å². The quantitative estimate of drug-likeness (QED) is 0.687. The minimum absolute atomic E-state index is 0. The molecule has 1 heterocycles. The molecule has 0 saturated carbocycles. The number of aliphatic carboxylic acids is 1. The van der Waals surface area contributed by atoms with Crippen LogP contribution in [0.15, 0.2) is 18.3 Å². The van der Waals surface area contributed by atoms with Crippen LogP contribution in [0.2, 0.25) is 0 Å². The summed E-state index contributed by atoms with van der Waals surface area (Å²) in [6.45, 7) is 0.219. The van der Waals surface area contributed by atoms with Gasteiger partial charge in [-0.3, -0.25) is 4.79 Å². The molecular weight excluding hydrogens is 372 g/mol. The molecule has 1 aliphatic carbocycles. The first kappa shape index (κ1) is 19.6. The molecule has 3 N–H and O–H groups in total. The van der Waals surface area contributed by atoms with Crippen LogP contribution in [0.25, 0.3) is 0 Å². The first-order valence-electron chi connectivity index (χ1n) is 7.63. The van der Waals surface area contributed by atoms with Gasteiger partial charge in [0.25, 0.3) is 0 Å². The van der Waals surface area contributed by atoms with E-state index in [0.717, 1.165) is 11.8 Å². The molecule has 1 aromatic heterocycles. The van der Waals surface area contributed by atoms with Crippen molar-refractivity contribution < 1.29 is 18.7 Å². The summed E-state index contributed by atoms with van der Waals surface area (Å²) >= 11 is 5.32. The fourth-order valence-electron chi connectivity index (χ4n) is 3.15. The second kappa shape index (κ2) is 8.07. The minimum atomic E-state index is -0.930. The van der Waals surface area contributed by atoms with Crippen molar-refractivity contribution in [3.05, 3.63) is 51.6 Å². The summed E-state index contributed by atoms with van der Waals surface area (Å²) in [6, 6.07) is 2.33. The number of carbonyl (C=O) groups is 1. The minimum Gasteiger partial charge on any atom is -0.480 e. The van der Waals surface area contributed by atoms with Gasteiger partial charge in [-0.1, -0.05) is 0 Å². The zero-order valence-electron chi connectivity index (χ0n) is 13.2. The molecule has 5 nitrogen and oxygen atoms in total. The van der Waals surface area contributed by atoms with E-state index in [1.54, 1.807) is 0 Å². The maximum atomic E-state index is 13.8. The lowest BCUT2D eigenvalue weighted by Crippen LogP contribution is -2.22. The molecule has 1 atom stereocenters. The van der Waals surface area contributed by atoms with Crippen molar-refractivity contribution in [3.63, 3.8) is 0 Å². The highest BCUT2D eigenvalue weighted by atomic mass is 35.5. The average molecular weight is 390 g/mol. The van der Waals surface area contributed by atoms with Gasteiger partial charge >= 0.3 is 5.97 Å². The van der Waals surface area contributed by atoms with Crippen molar-refractivity contribution in [2.75, 3.05) is 6.54 Å². The number of carboxylic acid groups (broad SMARTS) is 1. The maximum absolute atomic E-state index is 13.8. The molecule has 25 heavy (non-hydrogen) atoms. The van der Waals surface area contributed by atoms with Crippen LogP contribution in [0.5, 0.6) is 0 Å². The Morgan fingerprint density at radius 2 is 2.20 bits per heavy atom. The van der Waals surface area contributed by atoms with Crippen LogP contribution < -0.4 is 5.32 Å². The Morgan fingerprint density at radius 3 is 2.92 bits per heavy atom. The number of halogens is 3. The standard InChI is InChI=1S/C16H17F2N3O2S.ClH/c17-10-3-9-4-12(1-2-13(9)14(18)5-10)21-8-11(20-16(21)24)6-19-7-15(22)23;/h3,5,8,12,19H,1-2,4,6-7H2,(H,20,24)(H,22,23);1H. The number of hydrogen-bond acceptors (Lipinski definition) is 3. The van der Waals surface area contributed by atoms with Gasteiger partial charge in [-0.15, -0.1) is 12.4 Å². The van der Waals surface area contributed by atoms with Crippen LogP contribution in [-0.2, 0) is 24.2 Å². The number of H-pyrrole nitrogens is 1. The van der Waals surface area contributed by atoms with E-state index in [9.17, 15) is 13.6 Å². The number of hydrogen-bond donors (Lipinski definition) is 3. The highest BCUT2D eigenvalue weighted by Crippen LogP contribution is 2.31. The van der Waals surface area contributed by atoms with Crippen LogP contribution in [-0.4, -0.2) is 27.2 Å². The lowest BCUT2D eigenvalue weighted by atomic mass is 9.87. The van der Waals surface area contributed by atoms with E-state index >= 15 is 0 Å². The molecule has 0 bridgehead atoms. The number of benzene rings is 1. The topological polar surface area (TPSA) is 70.0 Å². The first-order valence-corrected chi connectivity index (χ1v) is 8.04. The van der Waals surface area contributed by atoms with Crippen LogP contribution in [0.3, 0.4) is 0 Å². The van der Waals surface area contributed by atoms with Crippen LogP contribution in [0.4, 0.5) is 8.78 Å². The second-order valence-corrected chi connectivity index (χ2v) is 6.30. The summed E-state index contributed by atoms with van der Waals surface area (Å²) in [5.74, 6) is -1.98. The Bertz CT molecular complexity index is 837. The first-order chi connectivity index (χ1) is 11.4. The van der Waals surface area contributed by atoms with Crippen molar-refractivity contribution in [1.82, 2.24) is 14.9 Å². The molecular formula is C16H18ClF2N3O2S. The molecule has 2 aromatic rings. The van der Waals surface area contributed by atoms with Crippen molar-refractivity contribution in [2.45, 2.75) is 31.8 Å². The van der Waals surface area contributed by atoms with E-state index in [1.165, 1.54) is 6.07 Å². The summed E-state index contributed by atoms with van der Waals surface area (Å²) in [7, 11) is 0. The fraction of sp³-hybridized carbons (Fsp3) is 0.375. The average Bonchev–Trinajstić information content (AvgIpc) is 2.87. The smallest absolute Gasteiger partial charge is 0.317 e. The number of nitrogens with one attached hydrogen (secondary N) is 2. The molecule has 0 amide bonds. The Labute approximate surface area is 154 Å². The van der Waals surface area contributed by atoms with Crippen molar-refractivity contribution >= 4 is 30.6 Å². The maximum Gasteiger partial charge on any atom is 0.317 e. The highest BCUT2D eigenvalue weighted by Gasteiger charge is 2.24. The zero-order chi connectivity index (χ0) is 17.3. The van der Waals surface area contributed by atoms with E-state index in [-0.39, 0.29) is 25.0 Å². The third-order valence-electron chi connectivity index (χ3n) is 4.22. The number of aromatic nitrogens is 2. The van der Waals surface area contributed by atoms with Gasteiger partial charge in [-0.2, -0.15) is 0 Å². The van der Waals surface area contributed by atoms with Crippen molar-refractivity contribution in [3.8, 4) is 0 Å². The third kappa shape index (κ3) is 4.45. The molecule has 3 rings (SSSR count). The van der Waals surface area contributed by atoms with Gasteiger partial charge in [0.15, 0.2) is 4.77 Å². The van der Waals surface area contributed by atoms with Gasteiger partial charge in [0, 0.05) is 30.5 Å². The van der Waals surface area contributed by atoms with Gasteiger partial charge in [0.1, 0.15) is 11.6 Å². The van der Waals surface area contributed by atoms with Gasteiger partial charge < -0.3 is 20.0 Å². The summed E-state index contributed by atoms with van der Waals surface area (Å²) in [5, 5.41) is 11.4. The SMILES string of the molecule is Cl.O=C(O)CNCc1cn(C2CCc3c(F)cc(F)cc3C2)c(=S)[nH]1. The van der Waals surface area contributed by atoms with Crippen LogP contribution >= 0.6 is 24.6 Å². The number of imidazole rings is 1. The Balaban J connectivity index is 0.00000225. The summed E-state index contributed by atoms with van der Waals surface area (Å²) < 4.78 is 29.7. The largest absolute Gasteiger partial charge is 0.480 e. The highest BCUT2D eigenvalue weighted by molar-refractivity contribution is 7.71. The lowest BCUT2D eigenvalue weighted by Gasteiger charge is -2.26. The zero-order valence-corrected chi connectivity index (χ0v) is 14.9. The molecule has 0 aliphatic heterocycles. The predicted molar refractivity (Wildman–Crippen MR) is 93.6 cm³/mol. The Kier molecular flexibility index (Phi) is 6.31. The summed E-state index contributed by atoms with van der Waals surface area (Å²) in [5.41, 5.74) is 2.04. The van der Waals surface area contributed by atoms with Gasteiger partial charge in [-0.05, 0) is 48.7 Å². The molecule has 1 unspecified atom stereocenters. The predicted octanol–water partition coefficient (Wildman–Crippen LogP) is 3.15. The van der Waals surface area contributed by atoms with Crippen LogP contribution in [0.1, 0.15) is 29.3 Å². The van der Waals surface area contributed by atoms with E-state index < -0.39 is 17.6 Å². The number of fused-ring (bicyclic) bond motifs is 1. The lowest BCUT2D eigenvalue weighted by molar-refractivity contribution is -0.136. The second-order valence-electron chi connectivity index (χ2n) is 5.91. The van der Waals surface area contributed by atoms with Gasteiger partial charge in [0.2, 0.25) is 0 Å². The number of rotatable bonds is 5. The monoisotopic (exact) mass is 389 g/mol. The Morgan fingerprint density at radius 1 is 1.44 bits per heavy atom. The number of carboxylic acids is 1. The molecule has 136 valence electrons. The molecule has 9 heteroatoms. The normalized spacial score (nSPS) is 16.2. The molecule has 0 spiro atoms. The molecule has 0 fully saturated rings. The molecule has 1 aromatic carbocycles. The number of nitrogens with zero attached hydrogens (tertiary/aromatic N) is 1. The van der Waals surface area contributed by atoms with E-state index in [0.29, 0.717) is 41.7 Å². The molecule has 0 saturated heterocycles. The van der Waals surface area contributed by atoms with Crippen LogP contribution in [0, 0.1) is 16.4 Å². The van der Waals surface area contributed by atoms with Crippen molar-refractivity contribution in [1.29, 1.82) is 0 Å². The van der Waals surface area contributed by atoms with Gasteiger partial charge in [0.05, 0.1) is 6.54 Å². The summed E-state index contributed by atoms with van der Waals surface area (Å²) in [4.78, 5) is 13.6. The van der Waals surface area contributed by atoms with E-state index in [2.05, 4.69) is 10.3 Å².